The zero-order chi connectivity index (χ0) is 43.3. The van der Waals surface area contributed by atoms with E-state index in [9.17, 15) is 0 Å². The average Bonchev–Trinajstić information content (AvgIpc) is 3.92. The fourth-order valence-corrected chi connectivity index (χ4v) is 13.5. The number of benzene rings is 8. The van der Waals surface area contributed by atoms with Gasteiger partial charge in [-0.3, -0.25) is 0 Å². The molecule has 0 heterocycles. The van der Waals surface area contributed by atoms with Crippen LogP contribution >= 0.6 is 0 Å². The lowest BCUT2D eigenvalue weighted by molar-refractivity contribution is 0.443. The van der Waals surface area contributed by atoms with E-state index in [0.717, 1.165) is 0 Å². The van der Waals surface area contributed by atoms with Gasteiger partial charge >= 0.3 is 0 Å². The number of rotatable bonds is 6. The highest BCUT2D eigenvalue weighted by molar-refractivity contribution is 5.98. The molecule has 5 aliphatic rings. The summed E-state index contributed by atoms with van der Waals surface area (Å²) in [6.45, 7) is 4.80. The summed E-state index contributed by atoms with van der Waals surface area (Å²) in [4.78, 5) is 2.58. The first kappa shape index (κ1) is 39.0. The van der Waals surface area contributed by atoms with Crippen LogP contribution in [0.5, 0.6) is 0 Å². The summed E-state index contributed by atoms with van der Waals surface area (Å²) in [6.07, 6.45) is 13.2. The highest BCUT2D eigenvalue weighted by Gasteiger charge is 2.52. The summed E-state index contributed by atoms with van der Waals surface area (Å²) < 4.78 is 0. The molecular formula is C64H57N. The molecule has 0 N–H and O–H groups in total. The highest BCUT2D eigenvalue weighted by atomic mass is 15.1. The lowest BCUT2D eigenvalue weighted by Crippen LogP contribution is -2.27. The van der Waals surface area contributed by atoms with Gasteiger partial charge in [0, 0.05) is 22.4 Å². The van der Waals surface area contributed by atoms with Gasteiger partial charge in [-0.1, -0.05) is 198 Å². The lowest BCUT2D eigenvalue weighted by Gasteiger charge is -2.34. The molecule has 0 bridgehead atoms. The smallest absolute Gasteiger partial charge is 0.0726 e. The quantitative estimate of drug-likeness (QED) is 0.161. The molecule has 0 radical (unpaired) electrons. The number of nitrogens with zero attached hydrogens (tertiary/aromatic N) is 1. The molecular weight excluding hydrogens is 783 g/mol. The fourth-order valence-electron chi connectivity index (χ4n) is 13.5. The maximum Gasteiger partial charge on any atom is 0.0726 e. The van der Waals surface area contributed by atoms with Crippen LogP contribution in [0.1, 0.15) is 134 Å². The van der Waals surface area contributed by atoms with Crippen LogP contribution in [0.25, 0.3) is 44.5 Å². The van der Waals surface area contributed by atoms with Crippen molar-refractivity contribution in [3.63, 3.8) is 0 Å². The molecule has 5 aliphatic carbocycles. The SMILES string of the molecule is CC1(C)c2ccccc2-c2ccc(N(c3ccc4c(c3)C3(c5ccccc5-4)c4cc(C5CCCCC5)ccc4-c4ccc(C5CCCCC5)cc43)c3ccccc3-c3ccccc3)cc21. The normalized spacial score (nSPS) is 17.5. The van der Waals surface area contributed by atoms with Gasteiger partial charge in [0.1, 0.15) is 0 Å². The third-order valence-corrected chi connectivity index (χ3v) is 16.7. The van der Waals surface area contributed by atoms with E-state index in [1.807, 2.05) is 0 Å². The number of hydrogen-bond donors (Lipinski definition) is 0. The molecule has 318 valence electrons. The van der Waals surface area contributed by atoms with E-state index in [4.69, 9.17) is 0 Å². The molecule has 65 heavy (non-hydrogen) atoms. The van der Waals surface area contributed by atoms with Crippen molar-refractivity contribution >= 4 is 17.1 Å². The van der Waals surface area contributed by atoms with Gasteiger partial charge < -0.3 is 4.90 Å². The van der Waals surface area contributed by atoms with Crippen LogP contribution in [-0.4, -0.2) is 0 Å². The molecule has 1 heteroatoms. The number of para-hydroxylation sites is 1. The summed E-state index contributed by atoms with van der Waals surface area (Å²) >= 11 is 0. The van der Waals surface area contributed by atoms with Crippen molar-refractivity contribution in [2.75, 3.05) is 4.90 Å². The third-order valence-electron chi connectivity index (χ3n) is 16.7. The second-order valence-electron chi connectivity index (χ2n) is 20.4. The van der Waals surface area contributed by atoms with Crippen molar-refractivity contribution in [2.45, 2.75) is 101 Å². The predicted molar refractivity (Wildman–Crippen MR) is 272 cm³/mol. The van der Waals surface area contributed by atoms with Crippen molar-refractivity contribution in [2.24, 2.45) is 0 Å². The minimum atomic E-state index is -0.436. The van der Waals surface area contributed by atoms with Crippen molar-refractivity contribution in [1.82, 2.24) is 0 Å². The first-order valence-electron chi connectivity index (χ1n) is 24.7. The van der Waals surface area contributed by atoms with E-state index in [1.54, 1.807) is 0 Å². The van der Waals surface area contributed by atoms with E-state index >= 15 is 0 Å². The Kier molecular flexibility index (Phi) is 9.03. The summed E-state index contributed by atoms with van der Waals surface area (Å²) in [7, 11) is 0. The van der Waals surface area contributed by atoms with E-state index in [0.29, 0.717) is 11.8 Å². The molecule has 13 rings (SSSR count). The minimum absolute atomic E-state index is 0.125. The average molecular weight is 840 g/mol. The van der Waals surface area contributed by atoms with Crippen LogP contribution in [0.15, 0.2) is 176 Å². The van der Waals surface area contributed by atoms with Gasteiger partial charge in [0.2, 0.25) is 0 Å². The van der Waals surface area contributed by atoms with E-state index in [1.165, 1.54) is 170 Å². The zero-order valence-corrected chi connectivity index (χ0v) is 37.9. The Balaban J connectivity index is 1.08. The Morgan fingerprint density at radius 3 is 1.38 bits per heavy atom. The summed E-state index contributed by atoms with van der Waals surface area (Å²) in [5.74, 6) is 1.24. The second kappa shape index (κ2) is 15.1. The number of fused-ring (bicyclic) bond motifs is 13. The molecule has 1 spiro atoms. The number of hydrogen-bond acceptors (Lipinski definition) is 1. The van der Waals surface area contributed by atoms with Gasteiger partial charge in [-0.25, -0.2) is 0 Å². The van der Waals surface area contributed by atoms with Crippen LogP contribution in [0.3, 0.4) is 0 Å². The van der Waals surface area contributed by atoms with Gasteiger partial charge in [0.05, 0.1) is 11.1 Å². The predicted octanol–water partition coefficient (Wildman–Crippen LogP) is 17.6. The van der Waals surface area contributed by atoms with Gasteiger partial charge in [0.25, 0.3) is 0 Å². The molecule has 0 unspecified atom stereocenters. The first-order valence-corrected chi connectivity index (χ1v) is 24.7. The van der Waals surface area contributed by atoms with Crippen molar-refractivity contribution in [1.29, 1.82) is 0 Å². The Hall–Kier alpha value is -6.44. The van der Waals surface area contributed by atoms with Crippen molar-refractivity contribution in [3.8, 4) is 44.5 Å². The molecule has 2 saturated carbocycles. The van der Waals surface area contributed by atoms with Crippen LogP contribution < -0.4 is 4.90 Å². The van der Waals surface area contributed by atoms with E-state index in [-0.39, 0.29) is 5.41 Å². The maximum atomic E-state index is 2.69. The standard InChI is InChI=1S/C64H57N/c1-63(2)56-27-15-12-25-50(56)52-36-32-47(40-58(52)63)65(62-29-17-14-24-49(62)44-22-10-5-11-23-44)48-33-37-55-51-26-13-16-28-57(51)64(61(55)41-48)59-38-45(42-18-6-3-7-19-42)30-34-53(59)54-35-31-46(39-60(54)64)43-20-8-4-9-21-43/h5,10-17,22-43H,3-4,6-9,18-21H2,1-2H3. The summed E-state index contributed by atoms with van der Waals surface area (Å²) in [5, 5.41) is 0. The summed E-state index contributed by atoms with van der Waals surface area (Å²) in [6, 6.07) is 68.7. The molecule has 0 atom stereocenters. The van der Waals surface area contributed by atoms with Crippen LogP contribution in [0, 0.1) is 0 Å². The molecule has 1 nitrogen and oxygen atoms in total. The molecule has 2 fully saturated rings. The molecule has 0 saturated heterocycles. The van der Waals surface area contributed by atoms with Crippen LogP contribution in [0.4, 0.5) is 17.1 Å². The van der Waals surface area contributed by atoms with Crippen LogP contribution in [-0.2, 0) is 10.8 Å². The fraction of sp³-hybridized carbons (Fsp3) is 0.250. The monoisotopic (exact) mass is 839 g/mol. The Labute approximate surface area is 385 Å². The van der Waals surface area contributed by atoms with Crippen molar-refractivity contribution < 1.29 is 0 Å². The third kappa shape index (κ3) is 5.83. The largest absolute Gasteiger partial charge is 0.310 e. The Morgan fingerprint density at radius 1 is 0.354 bits per heavy atom. The van der Waals surface area contributed by atoms with E-state index < -0.39 is 5.41 Å². The summed E-state index contributed by atoms with van der Waals surface area (Å²) in [5.41, 5.74) is 25.3. The molecule has 0 aliphatic heterocycles. The first-order chi connectivity index (χ1) is 32.0. The Bertz CT molecular complexity index is 3090. The van der Waals surface area contributed by atoms with Gasteiger partial charge in [-0.15, -0.1) is 0 Å². The van der Waals surface area contributed by atoms with Gasteiger partial charge in [-0.2, -0.15) is 0 Å². The van der Waals surface area contributed by atoms with Crippen molar-refractivity contribution in [3.05, 3.63) is 220 Å². The van der Waals surface area contributed by atoms with Gasteiger partial charge in [0.15, 0.2) is 0 Å². The molecule has 8 aromatic carbocycles. The minimum Gasteiger partial charge on any atom is -0.310 e. The molecule has 0 aromatic heterocycles. The Morgan fingerprint density at radius 2 is 0.785 bits per heavy atom. The van der Waals surface area contributed by atoms with E-state index in [2.05, 4.69) is 195 Å². The zero-order valence-electron chi connectivity index (χ0n) is 37.9. The molecule has 0 amide bonds. The topological polar surface area (TPSA) is 3.24 Å². The highest BCUT2D eigenvalue weighted by Crippen LogP contribution is 2.64. The maximum absolute atomic E-state index is 2.69. The molecule has 8 aromatic rings. The second-order valence-corrected chi connectivity index (χ2v) is 20.4. The van der Waals surface area contributed by atoms with Crippen LogP contribution in [0.2, 0.25) is 0 Å². The van der Waals surface area contributed by atoms with Gasteiger partial charge in [-0.05, 0) is 151 Å². The lowest BCUT2D eigenvalue weighted by atomic mass is 9.69. The number of anilines is 3.